The van der Waals surface area contributed by atoms with Gasteiger partial charge in [-0.1, -0.05) is 17.9 Å². The second kappa shape index (κ2) is 6.53. The summed E-state index contributed by atoms with van der Waals surface area (Å²) >= 11 is 0. The lowest BCUT2D eigenvalue weighted by Crippen LogP contribution is -2.14. The molecule has 0 unspecified atom stereocenters. The molecule has 0 saturated heterocycles. The highest BCUT2D eigenvalue weighted by molar-refractivity contribution is 5.74. The van der Waals surface area contributed by atoms with E-state index in [-0.39, 0.29) is 11.4 Å². The van der Waals surface area contributed by atoms with E-state index in [1.807, 2.05) is 24.3 Å². The summed E-state index contributed by atoms with van der Waals surface area (Å²) in [5, 5.41) is 34.9. The average molecular weight is 294 g/mol. The number of anilines is 1. The molecule has 0 bridgehead atoms. The van der Waals surface area contributed by atoms with Gasteiger partial charge in [0, 0.05) is 17.5 Å². The number of rotatable bonds is 3. The summed E-state index contributed by atoms with van der Waals surface area (Å²) in [6, 6.07) is 9.28. The lowest BCUT2D eigenvalue weighted by molar-refractivity contribution is 0.143. The Morgan fingerprint density at radius 2 is 2.27 bits per heavy atom. The van der Waals surface area contributed by atoms with Gasteiger partial charge in [0.05, 0.1) is 0 Å². The van der Waals surface area contributed by atoms with E-state index in [4.69, 9.17) is 5.26 Å². The van der Waals surface area contributed by atoms with Crippen molar-refractivity contribution in [2.75, 3.05) is 5.32 Å². The van der Waals surface area contributed by atoms with Crippen molar-refractivity contribution in [1.29, 1.82) is 5.26 Å². The summed E-state index contributed by atoms with van der Waals surface area (Å²) in [4.78, 5) is 0. The molecule has 110 valence electrons. The van der Waals surface area contributed by atoms with E-state index in [1.54, 1.807) is 19.9 Å². The largest absolute Gasteiger partial charge is 0.378 e. The molecule has 22 heavy (non-hydrogen) atoms. The van der Waals surface area contributed by atoms with E-state index in [0.29, 0.717) is 0 Å². The van der Waals surface area contributed by atoms with Crippen molar-refractivity contribution in [2.24, 2.45) is 0 Å². The highest BCUT2D eigenvalue weighted by Gasteiger charge is 2.06. The number of benzene rings is 1. The maximum absolute atomic E-state index is 9.60. The number of aromatic nitrogens is 4. The quantitative estimate of drug-likeness (QED) is 0.581. The third-order valence-corrected chi connectivity index (χ3v) is 2.47. The first-order chi connectivity index (χ1) is 10.5. The Balaban J connectivity index is 2.17. The molecule has 1 aromatic heterocycles. The van der Waals surface area contributed by atoms with E-state index in [1.165, 1.54) is 6.20 Å². The van der Waals surface area contributed by atoms with Crippen LogP contribution in [0.15, 0.2) is 30.5 Å². The SMILES string of the molecule is CC(C)(O)C#Cc1cccc(NC=C(C#N)c2nn[nH]n2)c1. The van der Waals surface area contributed by atoms with Crippen LogP contribution in [0.4, 0.5) is 5.69 Å². The number of aliphatic hydroxyl groups is 1. The molecule has 2 aromatic rings. The first-order valence-corrected chi connectivity index (χ1v) is 6.44. The van der Waals surface area contributed by atoms with Crippen LogP contribution in [0.1, 0.15) is 25.2 Å². The van der Waals surface area contributed by atoms with Crippen molar-refractivity contribution in [3.63, 3.8) is 0 Å². The van der Waals surface area contributed by atoms with Crippen molar-refractivity contribution >= 4 is 11.3 Å². The molecule has 0 aliphatic heterocycles. The van der Waals surface area contributed by atoms with Crippen molar-refractivity contribution in [1.82, 2.24) is 20.6 Å². The van der Waals surface area contributed by atoms with Crippen LogP contribution in [0.5, 0.6) is 0 Å². The highest BCUT2D eigenvalue weighted by Crippen LogP contribution is 2.12. The van der Waals surface area contributed by atoms with Crippen LogP contribution in [-0.2, 0) is 0 Å². The predicted molar refractivity (Wildman–Crippen MR) is 81.0 cm³/mol. The van der Waals surface area contributed by atoms with E-state index in [0.717, 1.165) is 11.3 Å². The number of nitriles is 1. The molecule has 7 heteroatoms. The maximum Gasteiger partial charge on any atom is 0.216 e. The second-order valence-electron chi connectivity index (χ2n) is 4.94. The summed E-state index contributed by atoms with van der Waals surface area (Å²) in [5.74, 6) is 5.85. The minimum atomic E-state index is -1.05. The van der Waals surface area contributed by atoms with Gasteiger partial charge in [0.2, 0.25) is 5.82 Å². The Bertz CT molecular complexity index is 769. The van der Waals surface area contributed by atoms with Crippen LogP contribution < -0.4 is 5.32 Å². The van der Waals surface area contributed by atoms with Crippen molar-refractivity contribution < 1.29 is 5.11 Å². The standard InChI is InChI=1S/C15H14N6O/c1-15(2,22)7-6-11-4-3-5-13(8-11)17-10-12(9-16)14-18-20-21-19-14/h3-5,8,10,17,22H,1-2H3,(H,18,19,20,21). The molecule has 7 nitrogen and oxygen atoms in total. The molecular weight excluding hydrogens is 280 g/mol. The average Bonchev–Trinajstić information content (AvgIpc) is 3.00. The van der Waals surface area contributed by atoms with Gasteiger partial charge in [-0.3, -0.25) is 0 Å². The minimum Gasteiger partial charge on any atom is -0.378 e. The first-order valence-electron chi connectivity index (χ1n) is 6.44. The van der Waals surface area contributed by atoms with Crippen molar-refractivity contribution in [3.8, 4) is 17.9 Å². The Morgan fingerprint density at radius 1 is 1.45 bits per heavy atom. The zero-order chi connectivity index (χ0) is 16.0. The Labute approximate surface area is 127 Å². The van der Waals surface area contributed by atoms with Gasteiger partial charge in [-0.2, -0.15) is 10.5 Å². The zero-order valence-corrected chi connectivity index (χ0v) is 12.1. The molecule has 0 radical (unpaired) electrons. The number of tetrazole rings is 1. The summed E-state index contributed by atoms with van der Waals surface area (Å²) in [5.41, 5.74) is 0.703. The van der Waals surface area contributed by atoms with E-state index >= 15 is 0 Å². The second-order valence-corrected chi connectivity index (χ2v) is 4.94. The van der Waals surface area contributed by atoms with Gasteiger partial charge in [0.15, 0.2) is 0 Å². The number of nitrogens with one attached hydrogen (secondary N) is 2. The number of hydrogen-bond acceptors (Lipinski definition) is 6. The molecule has 0 spiro atoms. The maximum atomic E-state index is 9.60. The molecule has 0 aliphatic carbocycles. The van der Waals surface area contributed by atoms with E-state index < -0.39 is 5.60 Å². The van der Waals surface area contributed by atoms with Crippen molar-refractivity contribution in [2.45, 2.75) is 19.4 Å². The van der Waals surface area contributed by atoms with Crippen LogP contribution >= 0.6 is 0 Å². The molecule has 0 amide bonds. The zero-order valence-electron chi connectivity index (χ0n) is 12.1. The number of H-pyrrole nitrogens is 1. The lowest BCUT2D eigenvalue weighted by Gasteiger charge is -2.06. The Kier molecular flexibility index (Phi) is 4.52. The van der Waals surface area contributed by atoms with Gasteiger partial charge in [0.1, 0.15) is 17.2 Å². The van der Waals surface area contributed by atoms with Crippen molar-refractivity contribution in [3.05, 3.63) is 41.9 Å². The number of allylic oxidation sites excluding steroid dienone is 1. The fourth-order valence-corrected chi connectivity index (χ4v) is 1.49. The van der Waals surface area contributed by atoms with Crippen LogP contribution in [0.3, 0.4) is 0 Å². The predicted octanol–water partition coefficient (Wildman–Crippen LogP) is 1.30. The summed E-state index contributed by atoms with van der Waals surface area (Å²) in [6.07, 6.45) is 1.49. The van der Waals surface area contributed by atoms with Crippen LogP contribution in [0.25, 0.3) is 5.57 Å². The smallest absolute Gasteiger partial charge is 0.216 e. The number of aromatic amines is 1. The van der Waals surface area contributed by atoms with Gasteiger partial charge in [0.25, 0.3) is 0 Å². The summed E-state index contributed by atoms with van der Waals surface area (Å²) < 4.78 is 0. The summed E-state index contributed by atoms with van der Waals surface area (Å²) in [6.45, 7) is 3.24. The minimum absolute atomic E-state index is 0.216. The van der Waals surface area contributed by atoms with Crippen LogP contribution in [0.2, 0.25) is 0 Å². The molecule has 0 aliphatic rings. The molecule has 0 atom stereocenters. The fraction of sp³-hybridized carbons (Fsp3) is 0.200. The number of nitrogens with zero attached hydrogens (tertiary/aromatic N) is 4. The topological polar surface area (TPSA) is 111 Å². The third kappa shape index (κ3) is 4.44. The van der Waals surface area contributed by atoms with Crippen LogP contribution in [-0.4, -0.2) is 31.3 Å². The molecule has 0 saturated carbocycles. The van der Waals surface area contributed by atoms with Gasteiger partial charge in [-0.25, -0.2) is 0 Å². The normalized spacial score (nSPS) is 11.3. The summed E-state index contributed by atoms with van der Waals surface area (Å²) in [7, 11) is 0. The molecule has 1 aromatic carbocycles. The van der Waals surface area contributed by atoms with Gasteiger partial charge < -0.3 is 10.4 Å². The molecule has 1 heterocycles. The molecular formula is C15H14N6O. The lowest BCUT2D eigenvalue weighted by atomic mass is 10.1. The van der Waals surface area contributed by atoms with Gasteiger partial charge in [-0.15, -0.1) is 10.2 Å². The molecule has 2 rings (SSSR count). The first kappa shape index (κ1) is 15.2. The third-order valence-electron chi connectivity index (χ3n) is 2.47. The fourth-order valence-electron chi connectivity index (χ4n) is 1.49. The van der Waals surface area contributed by atoms with Gasteiger partial charge in [-0.05, 0) is 37.3 Å². The highest BCUT2D eigenvalue weighted by atomic mass is 16.3. The molecule has 0 fully saturated rings. The molecule has 3 N–H and O–H groups in total. The van der Waals surface area contributed by atoms with E-state index in [2.05, 4.69) is 37.8 Å². The Hall–Kier alpha value is -3.16. The number of hydrogen-bond donors (Lipinski definition) is 3. The van der Waals surface area contributed by atoms with Gasteiger partial charge >= 0.3 is 0 Å². The van der Waals surface area contributed by atoms with Crippen LogP contribution in [0, 0.1) is 23.2 Å². The monoisotopic (exact) mass is 294 g/mol. The van der Waals surface area contributed by atoms with E-state index in [9.17, 15) is 5.11 Å². The Morgan fingerprint density at radius 3 is 2.91 bits per heavy atom.